The van der Waals surface area contributed by atoms with E-state index in [9.17, 15) is 19.8 Å². The molecule has 1 spiro atoms. The first-order valence-electron chi connectivity index (χ1n) is 21.9. The zero-order valence-corrected chi connectivity index (χ0v) is 38.2. The fourth-order valence-electron chi connectivity index (χ4n) is 13.5. The molecule has 10 atom stereocenters. The van der Waals surface area contributed by atoms with Crippen molar-refractivity contribution in [1.82, 2.24) is 14.8 Å². The largest absolute Gasteiger partial charge is 0.496 e. The average molecular weight is 909 g/mol. The molecule has 9 rings (SSSR count). The third-order valence-electron chi connectivity index (χ3n) is 15.6. The van der Waals surface area contributed by atoms with Gasteiger partial charge in [0.05, 0.1) is 33.0 Å². The number of aromatic nitrogens is 1. The Bertz CT molecular complexity index is 2500. The van der Waals surface area contributed by atoms with Crippen LogP contribution in [0.2, 0.25) is 0 Å². The molecule has 1 aliphatic carbocycles. The summed E-state index contributed by atoms with van der Waals surface area (Å²) in [7, 11) is 1.49. The number of H-pyrrole nitrogens is 1. The third-order valence-corrected chi connectivity index (χ3v) is 15.6. The van der Waals surface area contributed by atoms with Crippen LogP contribution >= 0.6 is 0 Å². The van der Waals surface area contributed by atoms with Gasteiger partial charge in [-0.2, -0.15) is 8.42 Å². The Morgan fingerprint density at radius 2 is 1.64 bits per heavy atom. The molecule has 6 aliphatic rings. The fraction of sp³-hybridized carbons (Fsp3) is 0.587. The van der Waals surface area contributed by atoms with Crippen LogP contribution in [0.25, 0.3) is 10.9 Å². The number of esters is 3. The highest BCUT2D eigenvalue weighted by molar-refractivity contribution is 7.79. The minimum absolute atomic E-state index is 0.0986. The Kier molecular flexibility index (Phi) is 11.6. The van der Waals surface area contributed by atoms with Crippen molar-refractivity contribution in [3.8, 4) is 5.75 Å². The number of fused-ring (bicyclic) bond motifs is 6. The summed E-state index contributed by atoms with van der Waals surface area (Å²) in [5.41, 5.74) is -1.62. The number of para-hydroxylation sites is 1. The van der Waals surface area contributed by atoms with Crippen LogP contribution in [0.4, 0.5) is 5.69 Å². The van der Waals surface area contributed by atoms with Crippen molar-refractivity contribution >= 4 is 44.9 Å². The number of benzene rings is 2. The predicted octanol–water partition coefficient (Wildman–Crippen LogP) is 3.34. The molecule has 5 aliphatic heterocycles. The summed E-state index contributed by atoms with van der Waals surface area (Å²) in [6.07, 6.45) is 5.94. The minimum atomic E-state index is -4.67. The molecule has 2 aromatic carbocycles. The molecule has 18 heteroatoms. The maximum atomic E-state index is 15.3. The van der Waals surface area contributed by atoms with E-state index in [1.807, 2.05) is 50.1 Å². The Balaban J connectivity index is 0.00000106. The van der Waals surface area contributed by atoms with Crippen LogP contribution in [-0.2, 0) is 56.2 Å². The molecule has 1 saturated carbocycles. The number of rotatable bonds is 7. The fourth-order valence-corrected chi connectivity index (χ4v) is 13.5. The second-order valence-corrected chi connectivity index (χ2v) is 19.5. The molecule has 2 saturated heterocycles. The van der Waals surface area contributed by atoms with E-state index in [1.165, 1.54) is 21.1 Å². The molecule has 348 valence electrons. The molecule has 17 nitrogen and oxygen atoms in total. The monoisotopic (exact) mass is 908 g/mol. The molecule has 6 heterocycles. The lowest BCUT2D eigenvalue weighted by Crippen LogP contribution is -2.81. The van der Waals surface area contributed by atoms with Crippen molar-refractivity contribution in [2.75, 3.05) is 66.0 Å². The van der Waals surface area contributed by atoms with Gasteiger partial charge in [0, 0.05) is 90.9 Å². The van der Waals surface area contributed by atoms with E-state index in [4.69, 9.17) is 36.5 Å². The number of hydrogen-bond acceptors (Lipinski definition) is 14. The standard InChI is InChI=1S/C46H58N4O9.H2O4S/c1-8-42(54)23-28-24-45(40(52)57-6,36-30(15-19-49(25-28)26-42)29-13-10-11-14-33(29)47-36)32-21-31-34(22-35(32)56-5)48(4)38-44(31)17-20-50-18-12-16-43(9-2,37(44)50)39(59-27(3)51)46(38,55)41(53)58-7;1-5(2,3)4/h10-14,16,21-22,28,37-39,47,54-55H,8-9,15,17-20,23-26H2,1-7H3;(H2,1,2,3,4)/t28-,37+,38?,39-,42+,43-,44-,45+,46+;/m1./s1. The van der Waals surface area contributed by atoms with Crippen LogP contribution < -0.4 is 9.64 Å². The quantitative estimate of drug-likeness (QED) is 0.0992. The molecular weight excluding hydrogens is 849 g/mol. The summed E-state index contributed by atoms with van der Waals surface area (Å²) >= 11 is 0. The SMILES string of the molecule is CC[C@]1(O)C[C@H]2CN(CCc3c([nH]c4ccccc34)[C@@](C(=O)OC)(c3cc4c(cc3OC)N(C)C3[C@]45CCN4CC=C[C@@](CC)([C@@H](OC(C)=O)[C@]3(O)C(=O)OC)[C@H]45)C2)C1.O=S(=O)(O)O. The number of aromatic amines is 1. The summed E-state index contributed by atoms with van der Waals surface area (Å²) in [6, 6.07) is 11.0. The van der Waals surface area contributed by atoms with Crippen LogP contribution in [0.3, 0.4) is 0 Å². The third kappa shape index (κ3) is 6.69. The molecule has 0 amide bonds. The van der Waals surface area contributed by atoms with Gasteiger partial charge >= 0.3 is 28.3 Å². The zero-order valence-electron chi connectivity index (χ0n) is 37.4. The number of ether oxygens (including phenoxy) is 4. The lowest BCUT2D eigenvalue weighted by Gasteiger charge is -2.63. The Morgan fingerprint density at radius 3 is 2.28 bits per heavy atom. The number of hydrogen-bond donors (Lipinski definition) is 5. The molecule has 64 heavy (non-hydrogen) atoms. The van der Waals surface area contributed by atoms with Gasteiger partial charge in [0.15, 0.2) is 6.10 Å². The summed E-state index contributed by atoms with van der Waals surface area (Å²) in [6.45, 7) is 8.62. The molecule has 0 radical (unpaired) electrons. The van der Waals surface area contributed by atoms with Crippen molar-refractivity contribution in [1.29, 1.82) is 0 Å². The van der Waals surface area contributed by atoms with Gasteiger partial charge in [0.2, 0.25) is 5.60 Å². The van der Waals surface area contributed by atoms with E-state index in [0.29, 0.717) is 82.6 Å². The van der Waals surface area contributed by atoms with Gasteiger partial charge in [-0.15, -0.1) is 0 Å². The number of nitrogens with zero attached hydrogens (tertiary/aromatic N) is 3. The number of methoxy groups -OCH3 is 3. The van der Waals surface area contributed by atoms with Crippen LogP contribution in [0.15, 0.2) is 48.6 Å². The molecule has 2 unspecified atom stereocenters. The maximum Gasteiger partial charge on any atom is 0.394 e. The minimum Gasteiger partial charge on any atom is -0.496 e. The smallest absolute Gasteiger partial charge is 0.394 e. The Labute approximate surface area is 373 Å². The van der Waals surface area contributed by atoms with Crippen LogP contribution in [0.1, 0.15) is 75.3 Å². The van der Waals surface area contributed by atoms with Crippen molar-refractivity contribution in [3.63, 3.8) is 0 Å². The van der Waals surface area contributed by atoms with Crippen LogP contribution in [-0.4, -0.2) is 151 Å². The van der Waals surface area contributed by atoms with Crippen LogP contribution in [0.5, 0.6) is 5.75 Å². The zero-order chi connectivity index (χ0) is 46.4. The van der Waals surface area contributed by atoms with Gasteiger partial charge in [-0.05, 0) is 74.2 Å². The highest BCUT2D eigenvalue weighted by Gasteiger charge is 2.80. The molecule has 1 aromatic heterocycles. The summed E-state index contributed by atoms with van der Waals surface area (Å²) < 4.78 is 55.5. The summed E-state index contributed by atoms with van der Waals surface area (Å²) in [5.74, 6) is -1.56. The number of anilines is 1. The number of carbonyl (C=O) groups excluding carboxylic acids is 3. The Hall–Kier alpha value is -4.56. The van der Waals surface area contributed by atoms with Crippen LogP contribution in [0, 0.1) is 11.3 Å². The average Bonchev–Trinajstić information content (AvgIpc) is 3.92. The molecule has 5 N–H and O–H groups in total. The first-order chi connectivity index (χ1) is 30.2. The first-order valence-corrected chi connectivity index (χ1v) is 23.3. The first kappa shape index (κ1) is 46.0. The lowest BCUT2D eigenvalue weighted by atomic mass is 9.47. The normalized spacial score (nSPS) is 35.0. The second kappa shape index (κ2) is 16.1. The number of carbonyl (C=O) groups is 3. The second-order valence-electron chi connectivity index (χ2n) is 18.7. The predicted molar refractivity (Wildman–Crippen MR) is 235 cm³/mol. The van der Waals surface area contributed by atoms with E-state index >= 15 is 4.79 Å². The van der Waals surface area contributed by atoms with Gasteiger partial charge < -0.3 is 39.0 Å². The number of nitrogens with one attached hydrogen (secondary N) is 1. The lowest BCUT2D eigenvalue weighted by molar-refractivity contribution is -0.228. The summed E-state index contributed by atoms with van der Waals surface area (Å²) in [5, 5.41) is 26.3. The van der Waals surface area contributed by atoms with Gasteiger partial charge in [-0.3, -0.25) is 28.5 Å². The van der Waals surface area contributed by atoms with E-state index in [1.54, 1.807) is 7.11 Å². The van der Waals surface area contributed by atoms with E-state index < -0.39 is 67.9 Å². The molecule has 3 fully saturated rings. The van der Waals surface area contributed by atoms with E-state index in [2.05, 4.69) is 39.1 Å². The highest BCUT2D eigenvalue weighted by atomic mass is 32.3. The van der Waals surface area contributed by atoms with E-state index in [0.717, 1.165) is 33.4 Å². The van der Waals surface area contributed by atoms with E-state index in [-0.39, 0.29) is 12.0 Å². The van der Waals surface area contributed by atoms with Crippen molar-refractivity contribution in [3.05, 3.63) is 70.9 Å². The van der Waals surface area contributed by atoms with Gasteiger partial charge in [-0.1, -0.05) is 44.2 Å². The van der Waals surface area contributed by atoms with Crippen molar-refractivity contribution < 1.29 is 61.1 Å². The summed E-state index contributed by atoms with van der Waals surface area (Å²) in [4.78, 5) is 53.2. The highest BCUT2D eigenvalue weighted by Crippen LogP contribution is 2.68. The number of aliphatic hydroxyl groups is 2. The maximum absolute atomic E-state index is 15.3. The van der Waals surface area contributed by atoms with Gasteiger partial charge in [-0.25, -0.2) is 4.79 Å². The topological polar surface area (TPSA) is 229 Å². The van der Waals surface area contributed by atoms with Gasteiger partial charge in [0.1, 0.15) is 11.2 Å². The molecular formula is C46H60N4O13S. The van der Waals surface area contributed by atoms with Crippen molar-refractivity contribution in [2.24, 2.45) is 11.3 Å². The van der Waals surface area contributed by atoms with Gasteiger partial charge in [0.25, 0.3) is 0 Å². The Morgan fingerprint density at radius 1 is 0.938 bits per heavy atom. The molecule has 3 aromatic rings. The number of piperidine rings is 1. The molecule has 2 bridgehead atoms. The van der Waals surface area contributed by atoms with Crippen molar-refractivity contribution in [2.45, 2.75) is 99.5 Å². The number of likely N-dealkylation sites (N-methyl/N-ethyl adjacent to an activating group) is 1.